The van der Waals surface area contributed by atoms with Gasteiger partial charge >= 0.3 is 6.09 Å². The lowest BCUT2D eigenvalue weighted by atomic mass is 10.1. The summed E-state index contributed by atoms with van der Waals surface area (Å²) in [5, 5.41) is 12.2. The van der Waals surface area contributed by atoms with Gasteiger partial charge in [-0.3, -0.25) is 0 Å². The number of hydrogen-bond donors (Lipinski definition) is 2. The van der Waals surface area contributed by atoms with Crippen LogP contribution in [-0.2, 0) is 4.74 Å². The van der Waals surface area contributed by atoms with Gasteiger partial charge in [0.25, 0.3) is 0 Å². The van der Waals surface area contributed by atoms with Gasteiger partial charge < -0.3 is 15.2 Å². The molecule has 0 radical (unpaired) electrons. The first-order valence-electron chi connectivity index (χ1n) is 5.54. The Balaban J connectivity index is 3.79. The molecule has 1 atom stereocenters. The van der Waals surface area contributed by atoms with Crippen molar-refractivity contribution in [1.82, 2.24) is 5.32 Å². The van der Waals surface area contributed by atoms with Crippen LogP contribution >= 0.6 is 0 Å². The number of aliphatic hydroxyl groups excluding tert-OH is 1. The number of amides is 1. The van der Waals surface area contributed by atoms with Gasteiger partial charge in [-0.05, 0) is 46.6 Å². The lowest BCUT2D eigenvalue weighted by molar-refractivity contribution is 0.0521. The van der Waals surface area contributed by atoms with E-state index in [0.29, 0.717) is 13.0 Å². The summed E-state index contributed by atoms with van der Waals surface area (Å²) in [4.78, 5) is 11.2. The van der Waals surface area contributed by atoms with E-state index in [1.165, 1.54) is 0 Å². The largest absolute Gasteiger partial charge is 0.444 e. The third-order valence-corrected chi connectivity index (χ3v) is 2.07. The number of alkyl carbamates (subject to hydrolysis) is 1. The molecule has 0 unspecified atom stereocenters. The minimum atomic E-state index is -0.500. The molecule has 0 heterocycles. The quantitative estimate of drug-likeness (QED) is 0.727. The number of carbonyl (C=O) groups excluding carboxylic acids is 1. The van der Waals surface area contributed by atoms with Gasteiger partial charge in [-0.15, -0.1) is 0 Å². The first-order valence-corrected chi connectivity index (χ1v) is 5.54. The molecule has 0 aromatic rings. The van der Waals surface area contributed by atoms with E-state index >= 15 is 0 Å². The predicted octanol–water partition coefficient (Wildman–Crippen LogP) is 2.23. The zero-order valence-electron chi connectivity index (χ0n) is 10.8. The fourth-order valence-electron chi connectivity index (χ4n) is 1.05. The van der Waals surface area contributed by atoms with Crippen LogP contribution < -0.4 is 5.32 Å². The molecule has 0 aromatic heterocycles. The molecule has 0 fully saturated rings. The van der Waals surface area contributed by atoms with Gasteiger partial charge in [0.1, 0.15) is 5.60 Å². The molecule has 0 aliphatic heterocycles. The van der Waals surface area contributed by atoms with Crippen molar-refractivity contribution in [2.75, 3.05) is 6.54 Å². The second-order valence-corrected chi connectivity index (χ2v) is 4.77. The summed E-state index contributed by atoms with van der Waals surface area (Å²) in [7, 11) is 0. The molecule has 0 aromatic carbocycles. The molecule has 4 nitrogen and oxygen atoms in total. The average Bonchev–Trinajstić information content (AvgIpc) is 2.13. The zero-order valence-corrected chi connectivity index (χ0v) is 10.8. The highest BCUT2D eigenvalue weighted by Gasteiger charge is 2.15. The van der Waals surface area contributed by atoms with Crippen LogP contribution in [0.5, 0.6) is 0 Å². The Morgan fingerprint density at radius 3 is 2.50 bits per heavy atom. The van der Waals surface area contributed by atoms with E-state index in [2.05, 4.69) is 5.32 Å². The summed E-state index contributed by atoms with van der Waals surface area (Å²) in [5.74, 6) is 0. The average molecular weight is 229 g/mol. The first kappa shape index (κ1) is 15.0. The minimum absolute atomic E-state index is 0.404. The fraction of sp³-hybridized carbons (Fsp3) is 0.750. The van der Waals surface area contributed by atoms with E-state index in [9.17, 15) is 9.90 Å². The Bertz CT molecular complexity index is 253. The van der Waals surface area contributed by atoms with Crippen LogP contribution in [0.4, 0.5) is 4.79 Å². The molecule has 0 aliphatic rings. The zero-order chi connectivity index (χ0) is 12.8. The number of aliphatic hydroxyl groups is 1. The van der Waals surface area contributed by atoms with Crippen molar-refractivity contribution in [3.8, 4) is 0 Å². The molecule has 16 heavy (non-hydrogen) atoms. The third kappa shape index (κ3) is 7.29. The van der Waals surface area contributed by atoms with Gasteiger partial charge in [0.2, 0.25) is 0 Å². The molecule has 0 bridgehead atoms. The molecule has 0 saturated carbocycles. The Hall–Kier alpha value is -1.03. The van der Waals surface area contributed by atoms with Crippen LogP contribution in [0.15, 0.2) is 11.6 Å². The van der Waals surface area contributed by atoms with Crippen molar-refractivity contribution in [2.45, 2.75) is 52.7 Å². The minimum Gasteiger partial charge on any atom is -0.444 e. The molecular formula is C12H23NO3. The van der Waals surface area contributed by atoms with Crippen LogP contribution in [0.1, 0.15) is 41.0 Å². The smallest absolute Gasteiger partial charge is 0.407 e. The molecule has 0 spiro atoms. The van der Waals surface area contributed by atoms with Crippen LogP contribution in [0.25, 0.3) is 0 Å². The van der Waals surface area contributed by atoms with E-state index in [4.69, 9.17) is 4.74 Å². The normalized spacial score (nSPS) is 14.5. The number of ether oxygens (including phenoxy) is 1. The summed E-state index contributed by atoms with van der Waals surface area (Å²) in [6, 6.07) is 0. The SMILES string of the molecule is C/C=C(\C)[C@H](O)CCNC(=O)OC(C)(C)C. The monoisotopic (exact) mass is 229 g/mol. The van der Waals surface area contributed by atoms with Gasteiger partial charge in [-0.1, -0.05) is 6.08 Å². The summed E-state index contributed by atoms with van der Waals surface area (Å²) in [5.41, 5.74) is 0.424. The van der Waals surface area contributed by atoms with Crippen LogP contribution in [-0.4, -0.2) is 29.4 Å². The maximum atomic E-state index is 11.2. The summed E-state index contributed by atoms with van der Waals surface area (Å²) in [6.07, 6.45) is 1.41. The first-order chi connectivity index (χ1) is 7.26. The Morgan fingerprint density at radius 1 is 1.50 bits per heavy atom. The van der Waals surface area contributed by atoms with Crippen LogP contribution in [0.2, 0.25) is 0 Å². The van der Waals surface area contributed by atoms with E-state index in [-0.39, 0.29) is 0 Å². The highest BCUT2D eigenvalue weighted by Crippen LogP contribution is 2.07. The van der Waals surface area contributed by atoms with E-state index in [1.807, 2.05) is 40.7 Å². The number of nitrogens with one attached hydrogen (secondary N) is 1. The van der Waals surface area contributed by atoms with Crippen LogP contribution in [0.3, 0.4) is 0 Å². The third-order valence-electron chi connectivity index (χ3n) is 2.07. The molecule has 94 valence electrons. The molecule has 1 amide bonds. The summed E-state index contributed by atoms with van der Waals surface area (Å²) >= 11 is 0. The van der Waals surface area contributed by atoms with Crippen molar-refractivity contribution in [3.05, 3.63) is 11.6 Å². The standard InChI is InChI=1S/C12H23NO3/c1-6-9(2)10(14)7-8-13-11(15)16-12(3,4)5/h6,10,14H,7-8H2,1-5H3,(H,13,15)/b9-6+/t10-/m1/s1. The summed E-state index contributed by atoms with van der Waals surface area (Å²) < 4.78 is 5.06. The number of hydrogen-bond acceptors (Lipinski definition) is 3. The Morgan fingerprint density at radius 2 is 2.06 bits per heavy atom. The lowest BCUT2D eigenvalue weighted by Gasteiger charge is -2.20. The van der Waals surface area contributed by atoms with Crippen molar-refractivity contribution in [1.29, 1.82) is 0 Å². The van der Waals surface area contributed by atoms with Gasteiger partial charge in [0.05, 0.1) is 6.10 Å². The number of rotatable bonds is 4. The highest BCUT2D eigenvalue weighted by atomic mass is 16.6. The van der Waals surface area contributed by atoms with Crippen molar-refractivity contribution in [2.24, 2.45) is 0 Å². The Labute approximate surface area is 97.7 Å². The fourth-order valence-corrected chi connectivity index (χ4v) is 1.05. The van der Waals surface area contributed by atoms with Crippen molar-refractivity contribution < 1.29 is 14.6 Å². The van der Waals surface area contributed by atoms with Crippen LogP contribution in [0, 0.1) is 0 Å². The molecule has 0 aliphatic carbocycles. The molecule has 4 heteroatoms. The molecular weight excluding hydrogens is 206 g/mol. The maximum absolute atomic E-state index is 11.2. The molecule has 2 N–H and O–H groups in total. The second kappa shape index (κ2) is 6.53. The topological polar surface area (TPSA) is 58.6 Å². The van der Waals surface area contributed by atoms with E-state index in [0.717, 1.165) is 5.57 Å². The molecule has 0 saturated heterocycles. The maximum Gasteiger partial charge on any atom is 0.407 e. The van der Waals surface area contributed by atoms with Gasteiger partial charge in [-0.25, -0.2) is 4.79 Å². The van der Waals surface area contributed by atoms with Crippen molar-refractivity contribution >= 4 is 6.09 Å². The predicted molar refractivity (Wildman–Crippen MR) is 64.3 cm³/mol. The van der Waals surface area contributed by atoms with Gasteiger partial charge in [0, 0.05) is 6.54 Å². The van der Waals surface area contributed by atoms with E-state index < -0.39 is 17.8 Å². The van der Waals surface area contributed by atoms with Gasteiger partial charge in [-0.2, -0.15) is 0 Å². The summed E-state index contributed by atoms with van der Waals surface area (Å²) in [6.45, 7) is 9.57. The number of allylic oxidation sites excluding steroid dienone is 1. The lowest BCUT2D eigenvalue weighted by Crippen LogP contribution is -2.34. The molecule has 0 rings (SSSR count). The second-order valence-electron chi connectivity index (χ2n) is 4.77. The van der Waals surface area contributed by atoms with Crippen molar-refractivity contribution in [3.63, 3.8) is 0 Å². The van der Waals surface area contributed by atoms with Gasteiger partial charge in [0.15, 0.2) is 0 Å². The Kier molecular flexibility index (Phi) is 6.11. The highest BCUT2D eigenvalue weighted by molar-refractivity contribution is 5.67. The van der Waals surface area contributed by atoms with E-state index in [1.54, 1.807) is 0 Å². The number of carbonyl (C=O) groups is 1.